The number of rotatable bonds is 0. The molecule has 1 aliphatic heterocycles. The summed E-state index contributed by atoms with van der Waals surface area (Å²) in [4.78, 5) is 0. The molecule has 1 heterocycles. The molecule has 1 aromatic rings. The van der Waals surface area contributed by atoms with E-state index < -0.39 is 0 Å². The van der Waals surface area contributed by atoms with Gasteiger partial charge in [0.15, 0.2) is 0 Å². The van der Waals surface area contributed by atoms with Crippen LogP contribution in [0.5, 0.6) is 5.75 Å². The average Bonchev–Trinajstić information content (AvgIpc) is 2.33. The highest BCUT2D eigenvalue weighted by molar-refractivity contribution is 5.36. The topological polar surface area (TPSA) is 9.23 Å². The summed E-state index contributed by atoms with van der Waals surface area (Å²) in [5.74, 6) is 0.658. The largest absolute Gasteiger partial charge is 0.493 e. The van der Waals surface area contributed by atoms with Crippen molar-refractivity contribution >= 4 is 0 Å². The summed E-state index contributed by atoms with van der Waals surface area (Å²) in [7, 11) is 0. The van der Waals surface area contributed by atoms with Crippen LogP contribution >= 0.6 is 0 Å². The third-order valence-corrected chi connectivity index (χ3v) is 1.65. The molecule has 0 spiro atoms. The molecule has 10 heavy (non-hydrogen) atoms. The summed E-state index contributed by atoms with van der Waals surface area (Å²) in [6.45, 7) is 0.693. The average molecular weight is 138 g/mol. The monoisotopic (exact) mass is 138 g/mol. The Morgan fingerprint density at radius 1 is 1.40 bits per heavy atom. The highest BCUT2D eigenvalue weighted by Gasteiger charge is 2.11. The Morgan fingerprint density at radius 2 is 2.30 bits per heavy atom. The minimum Gasteiger partial charge on any atom is -0.493 e. The second kappa shape index (κ2) is 1.97. The van der Waals surface area contributed by atoms with Crippen LogP contribution in [0.3, 0.4) is 0 Å². The van der Waals surface area contributed by atoms with Crippen molar-refractivity contribution in [3.05, 3.63) is 29.6 Å². The van der Waals surface area contributed by atoms with Gasteiger partial charge in [0.2, 0.25) is 0 Å². The van der Waals surface area contributed by atoms with E-state index in [4.69, 9.17) is 4.74 Å². The number of halogens is 1. The van der Waals surface area contributed by atoms with Gasteiger partial charge in [0.05, 0.1) is 6.61 Å². The van der Waals surface area contributed by atoms with Gasteiger partial charge < -0.3 is 4.74 Å². The maximum atomic E-state index is 12.5. The fourth-order valence-electron chi connectivity index (χ4n) is 1.16. The van der Waals surface area contributed by atoms with Crippen molar-refractivity contribution in [2.24, 2.45) is 0 Å². The van der Waals surface area contributed by atoms with Crippen molar-refractivity contribution in [2.45, 2.75) is 6.42 Å². The summed E-state index contributed by atoms with van der Waals surface area (Å²) in [5.41, 5.74) is 0.986. The van der Waals surface area contributed by atoms with Crippen LogP contribution in [-0.4, -0.2) is 6.61 Å². The van der Waals surface area contributed by atoms with Gasteiger partial charge in [-0.3, -0.25) is 0 Å². The van der Waals surface area contributed by atoms with Crippen LogP contribution in [0.25, 0.3) is 0 Å². The lowest BCUT2D eigenvalue weighted by atomic mass is 10.2. The summed E-state index contributed by atoms with van der Waals surface area (Å²) in [6.07, 6.45) is 0.840. The van der Waals surface area contributed by atoms with Crippen LogP contribution in [0.1, 0.15) is 5.56 Å². The lowest BCUT2D eigenvalue weighted by Crippen LogP contribution is -1.85. The number of ether oxygens (including phenoxy) is 1. The van der Waals surface area contributed by atoms with Crippen LogP contribution in [0.2, 0.25) is 0 Å². The molecular formula is C8H7FO. The molecule has 0 fully saturated rings. The summed E-state index contributed by atoms with van der Waals surface area (Å²) in [6, 6.07) is 4.63. The molecule has 1 aliphatic rings. The quantitative estimate of drug-likeness (QED) is 0.530. The van der Waals surface area contributed by atoms with Crippen molar-refractivity contribution in [3.8, 4) is 5.75 Å². The summed E-state index contributed by atoms with van der Waals surface area (Å²) < 4.78 is 17.7. The molecule has 52 valence electrons. The molecule has 0 radical (unpaired) electrons. The molecule has 0 saturated carbocycles. The zero-order valence-corrected chi connectivity index (χ0v) is 5.43. The number of fused-ring (bicyclic) bond motifs is 1. The van der Waals surface area contributed by atoms with Crippen molar-refractivity contribution in [1.29, 1.82) is 0 Å². The van der Waals surface area contributed by atoms with Gasteiger partial charge in [0.25, 0.3) is 0 Å². The minimum atomic E-state index is -0.177. The van der Waals surface area contributed by atoms with E-state index in [2.05, 4.69) is 0 Å². The summed E-state index contributed by atoms with van der Waals surface area (Å²) in [5, 5.41) is 0. The van der Waals surface area contributed by atoms with Gasteiger partial charge in [0, 0.05) is 12.0 Å². The zero-order valence-electron chi connectivity index (χ0n) is 5.43. The Kier molecular flexibility index (Phi) is 1.13. The molecule has 0 aromatic heterocycles. The maximum Gasteiger partial charge on any atom is 0.123 e. The fourth-order valence-corrected chi connectivity index (χ4v) is 1.16. The van der Waals surface area contributed by atoms with Gasteiger partial charge >= 0.3 is 0 Å². The van der Waals surface area contributed by atoms with Crippen LogP contribution in [-0.2, 0) is 6.42 Å². The van der Waals surface area contributed by atoms with Gasteiger partial charge in [-0.2, -0.15) is 0 Å². The lowest BCUT2D eigenvalue weighted by Gasteiger charge is -1.95. The van der Waals surface area contributed by atoms with Gasteiger partial charge in [-0.15, -0.1) is 0 Å². The molecule has 2 rings (SSSR count). The molecule has 0 bridgehead atoms. The SMILES string of the molecule is Fc1ccc2c(c1)CCO2. The van der Waals surface area contributed by atoms with E-state index in [1.165, 1.54) is 12.1 Å². The predicted octanol–water partition coefficient (Wildman–Crippen LogP) is 1.76. The second-order valence-corrected chi connectivity index (χ2v) is 2.35. The molecule has 0 aliphatic carbocycles. The normalized spacial score (nSPS) is 14.5. The van der Waals surface area contributed by atoms with Crippen molar-refractivity contribution < 1.29 is 9.13 Å². The second-order valence-electron chi connectivity index (χ2n) is 2.35. The third-order valence-electron chi connectivity index (χ3n) is 1.65. The fraction of sp³-hybridized carbons (Fsp3) is 0.250. The van der Waals surface area contributed by atoms with Crippen molar-refractivity contribution in [3.63, 3.8) is 0 Å². The molecular weight excluding hydrogens is 131 g/mol. The Morgan fingerprint density at radius 3 is 3.20 bits per heavy atom. The molecule has 1 nitrogen and oxygen atoms in total. The van der Waals surface area contributed by atoms with Gasteiger partial charge in [-0.05, 0) is 18.2 Å². The highest BCUT2D eigenvalue weighted by Crippen LogP contribution is 2.24. The standard InChI is InChI=1S/C8H7FO/c9-7-1-2-8-6(5-7)3-4-10-8/h1-2,5H,3-4H2. The van der Waals surface area contributed by atoms with E-state index in [0.29, 0.717) is 6.61 Å². The molecule has 1 aromatic carbocycles. The molecule has 0 saturated heterocycles. The molecule has 0 amide bonds. The van der Waals surface area contributed by atoms with E-state index >= 15 is 0 Å². The molecule has 0 unspecified atom stereocenters. The highest BCUT2D eigenvalue weighted by atomic mass is 19.1. The van der Waals surface area contributed by atoms with Crippen LogP contribution in [0.15, 0.2) is 18.2 Å². The van der Waals surface area contributed by atoms with Crippen LogP contribution in [0, 0.1) is 5.82 Å². The Bertz CT molecular complexity index is 257. The van der Waals surface area contributed by atoms with Gasteiger partial charge in [-0.25, -0.2) is 4.39 Å². The summed E-state index contributed by atoms with van der Waals surface area (Å²) >= 11 is 0. The maximum absolute atomic E-state index is 12.5. The van der Waals surface area contributed by atoms with Crippen molar-refractivity contribution in [1.82, 2.24) is 0 Å². The Balaban J connectivity index is 2.52. The Labute approximate surface area is 58.4 Å². The molecule has 2 heteroatoms. The first-order chi connectivity index (χ1) is 4.86. The molecule has 0 atom stereocenters. The lowest BCUT2D eigenvalue weighted by molar-refractivity contribution is 0.356. The predicted molar refractivity (Wildman–Crippen MR) is 35.6 cm³/mol. The van der Waals surface area contributed by atoms with E-state index in [1.54, 1.807) is 6.07 Å². The molecule has 0 N–H and O–H groups in total. The van der Waals surface area contributed by atoms with Crippen molar-refractivity contribution in [2.75, 3.05) is 6.61 Å². The smallest absolute Gasteiger partial charge is 0.123 e. The minimum absolute atomic E-state index is 0.177. The first-order valence-corrected chi connectivity index (χ1v) is 3.27. The van der Waals surface area contributed by atoms with E-state index in [0.717, 1.165) is 17.7 Å². The van der Waals surface area contributed by atoms with E-state index in [9.17, 15) is 4.39 Å². The number of hydrogen-bond acceptors (Lipinski definition) is 1. The van der Waals surface area contributed by atoms with E-state index in [-0.39, 0.29) is 5.82 Å². The van der Waals surface area contributed by atoms with Gasteiger partial charge in [0.1, 0.15) is 11.6 Å². The zero-order chi connectivity index (χ0) is 6.97. The number of hydrogen-bond donors (Lipinski definition) is 0. The van der Waals surface area contributed by atoms with Crippen LogP contribution in [0.4, 0.5) is 4.39 Å². The first kappa shape index (κ1) is 5.71. The van der Waals surface area contributed by atoms with Crippen LogP contribution < -0.4 is 4.74 Å². The van der Waals surface area contributed by atoms with E-state index in [1.807, 2.05) is 0 Å². The number of benzene rings is 1. The van der Waals surface area contributed by atoms with Gasteiger partial charge in [-0.1, -0.05) is 0 Å². The third kappa shape index (κ3) is 0.764. The Hall–Kier alpha value is -1.05. The first-order valence-electron chi connectivity index (χ1n) is 3.27.